The van der Waals surface area contributed by atoms with E-state index in [0.29, 0.717) is 6.10 Å². The number of nitrogens with zero attached hydrogens (tertiary/aromatic N) is 3. The lowest BCUT2D eigenvalue weighted by Gasteiger charge is -2.29. The summed E-state index contributed by atoms with van der Waals surface area (Å²) in [4.78, 5) is 9.61. The number of guanidine groups is 1. The number of nitrogens with one attached hydrogen (secondary N) is 1. The zero-order chi connectivity index (χ0) is 18.0. The molecule has 0 bridgehead atoms. The van der Waals surface area contributed by atoms with E-state index in [1.54, 1.807) is 0 Å². The summed E-state index contributed by atoms with van der Waals surface area (Å²) in [5.74, 6) is 1.86. The monoisotopic (exact) mass is 494 g/mol. The smallest absolute Gasteiger partial charge is 0.193 e. The highest BCUT2D eigenvalue weighted by atomic mass is 127. The van der Waals surface area contributed by atoms with Crippen LogP contribution >= 0.6 is 24.0 Å². The lowest BCUT2D eigenvalue weighted by molar-refractivity contribution is -0.0320. The molecular weight excluding hydrogens is 455 g/mol. The van der Waals surface area contributed by atoms with Crippen molar-refractivity contribution in [3.8, 4) is 0 Å². The maximum absolute atomic E-state index is 5.95. The molecule has 6 nitrogen and oxygen atoms in total. The van der Waals surface area contributed by atoms with Gasteiger partial charge >= 0.3 is 0 Å². The second kappa shape index (κ2) is 13.2. The van der Waals surface area contributed by atoms with E-state index < -0.39 is 0 Å². The molecule has 0 saturated carbocycles. The Labute approximate surface area is 182 Å². The molecule has 0 aromatic carbocycles. The molecule has 0 aromatic rings. The van der Waals surface area contributed by atoms with Gasteiger partial charge in [0.15, 0.2) is 5.96 Å². The van der Waals surface area contributed by atoms with Crippen molar-refractivity contribution in [2.24, 2.45) is 10.9 Å². The molecule has 3 fully saturated rings. The molecule has 3 saturated heterocycles. The zero-order valence-corrected chi connectivity index (χ0v) is 19.4. The molecule has 158 valence electrons. The molecule has 1 unspecified atom stereocenters. The molecule has 3 heterocycles. The number of rotatable bonds is 7. The summed E-state index contributed by atoms with van der Waals surface area (Å²) >= 11 is 0. The lowest BCUT2D eigenvalue weighted by atomic mass is 10.1. The van der Waals surface area contributed by atoms with Crippen LogP contribution in [0.15, 0.2) is 4.99 Å². The molecule has 3 aliphatic heterocycles. The molecular formula is C20H39IN4O2. The highest BCUT2D eigenvalue weighted by Crippen LogP contribution is 2.20. The predicted octanol–water partition coefficient (Wildman–Crippen LogP) is 2.57. The van der Waals surface area contributed by atoms with E-state index in [1.165, 1.54) is 45.3 Å². The summed E-state index contributed by atoms with van der Waals surface area (Å²) in [5.41, 5.74) is 0. The third-order valence-corrected chi connectivity index (χ3v) is 5.89. The van der Waals surface area contributed by atoms with Crippen LogP contribution in [-0.4, -0.2) is 88.0 Å². The van der Waals surface area contributed by atoms with Gasteiger partial charge in [-0.2, -0.15) is 0 Å². The predicted molar refractivity (Wildman–Crippen MR) is 121 cm³/mol. The SMILES string of the molecule is CN=C(NCCCOC1CCOCC1)N1CCC(CN2CCCCC2)C1.I. The molecule has 1 atom stereocenters. The fourth-order valence-electron chi connectivity index (χ4n) is 4.38. The molecule has 7 heteroatoms. The molecule has 0 spiro atoms. The second-order valence-corrected chi connectivity index (χ2v) is 7.97. The topological polar surface area (TPSA) is 49.3 Å². The summed E-state index contributed by atoms with van der Waals surface area (Å²) in [6, 6.07) is 0. The van der Waals surface area contributed by atoms with Crippen LogP contribution in [0.3, 0.4) is 0 Å². The van der Waals surface area contributed by atoms with Gasteiger partial charge < -0.3 is 24.6 Å². The van der Waals surface area contributed by atoms with E-state index in [1.807, 2.05) is 7.05 Å². The van der Waals surface area contributed by atoms with Crippen LogP contribution in [0.1, 0.15) is 44.9 Å². The Balaban J connectivity index is 0.00000261. The average Bonchev–Trinajstić information content (AvgIpc) is 3.14. The van der Waals surface area contributed by atoms with Crippen molar-refractivity contribution in [1.29, 1.82) is 0 Å². The summed E-state index contributed by atoms with van der Waals surface area (Å²) in [7, 11) is 1.90. The third kappa shape index (κ3) is 8.03. The summed E-state index contributed by atoms with van der Waals surface area (Å²) in [6.07, 6.45) is 9.00. The molecule has 0 aliphatic carbocycles. The van der Waals surface area contributed by atoms with Crippen molar-refractivity contribution >= 4 is 29.9 Å². The number of ether oxygens (including phenoxy) is 2. The van der Waals surface area contributed by atoms with E-state index in [9.17, 15) is 0 Å². The van der Waals surface area contributed by atoms with Crippen molar-refractivity contribution in [2.75, 3.05) is 66.1 Å². The Bertz CT molecular complexity index is 426. The van der Waals surface area contributed by atoms with Gasteiger partial charge in [-0.3, -0.25) is 4.99 Å². The first-order valence-corrected chi connectivity index (χ1v) is 10.7. The van der Waals surface area contributed by atoms with Crippen molar-refractivity contribution < 1.29 is 9.47 Å². The Morgan fingerprint density at radius 2 is 1.89 bits per heavy atom. The maximum Gasteiger partial charge on any atom is 0.193 e. The number of likely N-dealkylation sites (tertiary alicyclic amines) is 2. The summed E-state index contributed by atoms with van der Waals surface area (Å²) < 4.78 is 11.3. The number of hydrogen-bond acceptors (Lipinski definition) is 4. The van der Waals surface area contributed by atoms with Crippen LogP contribution < -0.4 is 5.32 Å². The average molecular weight is 494 g/mol. The number of hydrogen-bond donors (Lipinski definition) is 1. The highest BCUT2D eigenvalue weighted by molar-refractivity contribution is 14.0. The van der Waals surface area contributed by atoms with Crippen LogP contribution in [0, 0.1) is 5.92 Å². The minimum absolute atomic E-state index is 0. The molecule has 3 aliphatic rings. The standard InChI is InChI=1S/C20H38N4O2.HI/c1-21-20(22-9-5-13-26-19-7-14-25-15-8-19)24-12-6-18(17-24)16-23-10-3-2-4-11-23;/h18-19H,2-17H2,1H3,(H,21,22);1H. The second-order valence-electron chi connectivity index (χ2n) is 7.97. The van der Waals surface area contributed by atoms with Crippen LogP contribution in [-0.2, 0) is 9.47 Å². The Kier molecular flexibility index (Phi) is 11.3. The Morgan fingerprint density at radius 1 is 1.11 bits per heavy atom. The minimum atomic E-state index is 0. The Hall–Kier alpha value is -0.120. The first kappa shape index (κ1) is 23.2. The first-order valence-electron chi connectivity index (χ1n) is 10.7. The van der Waals surface area contributed by atoms with Gasteiger partial charge in [-0.05, 0) is 57.5 Å². The van der Waals surface area contributed by atoms with Gasteiger partial charge in [0.05, 0.1) is 6.10 Å². The molecule has 0 amide bonds. The normalized spacial score (nSPS) is 25.4. The van der Waals surface area contributed by atoms with Gasteiger partial charge in [0.1, 0.15) is 0 Å². The summed E-state index contributed by atoms with van der Waals surface area (Å²) in [5, 5.41) is 3.53. The maximum atomic E-state index is 5.95. The zero-order valence-electron chi connectivity index (χ0n) is 17.0. The minimum Gasteiger partial charge on any atom is -0.381 e. The molecule has 0 aromatic heterocycles. The quantitative estimate of drug-likeness (QED) is 0.255. The molecule has 1 N–H and O–H groups in total. The first-order chi connectivity index (χ1) is 12.8. The van der Waals surface area contributed by atoms with Gasteiger partial charge in [0.2, 0.25) is 0 Å². The van der Waals surface area contributed by atoms with Crippen molar-refractivity contribution in [1.82, 2.24) is 15.1 Å². The van der Waals surface area contributed by atoms with Crippen LogP contribution in [0.4, 0.5) is 0 Å². The lowest BCUT2D eigenvalue weighted by Crippen LogP contribution is -2.41. The number of piperidine rings is 1. The van der Waals surface area contributed by atoms with Crippen LogP contribution in [0.2, 0.25) is 0 Å². The fourth-order valence-corrected chi connectivity index (χ4v) is 4.38. The molecule has 27 heavy (non-hydrogen) atoms. The summed E-state index contributed by atoms with van der Waals surface area (Å²) in [6.45, 7) is 9.62. The fraction of sp³-hybridized carbons (Fsp3) is 0.950. The van der Waals surface area contributed by atoms with Crippen molar-refractivity contribution in [3.05, 3.63) is 0 Å². The van der Waals surface area contributed by atoms with Gasteiger partial charge in [0, 0.05) is 53.0 Å². The van der Waals surface area contributed by atoms with E-state index in [4.69, 9.17) is 9.47 Å². The highest BCUT2D eigenvalue weighted by Gasteiger charge is 2.26. The Morgan fingerprint density at radius 3 is 2.63 bits per heavy atom. The van der Waals surface area contributed by atoms with E-state index in [-0.39, 0.29) is 24.0 Å². The van der Waals surface area contributed by atoms with Gasteiger partial charge in [0.25, 0.3) is 0 Å². The molecule has 0 radical (unpaired) electrons. The van der Waals surface area contributed by atoms with E-state index in [2.05, 4.69) is 20.1 Å². The van der Waals surface area contributed by atoms with Crippen LogP contribution in [0.25, 0.3) is 0 Å². The van der Waals surface area contributed by atoms with Crippen molar-refractivity contribution in [2.45, 2.75) is 51.0 Å². The number of halogens is 1. The van der Waals surface area contributed by atoms with E-state index >= 15 is 0 Å². The largest absolute Gasteiger partial charge is 0.381 e. The third-order valence-electron chi connectivity index (χ3n) is 5.89. The van der Waals surface area contributed by atoms with Crippen molar-refractivity contribution in [3.63, 3.8) is 0 Å². The molecule has 3 rings (SSSR count). The number of aliphatic imine (C=N–C) groups is 1. The van der Waals surface area contributed by atoms with Crippen LogP contribution in [0.5, 0.6) is 0 Å². The van der Waals surface area contributed by atoms with Gasteiger partial charge in [-0.15, -0.1) is 24.0 Å². The van der Waals surface area contributed by atoms with E-state index in [0.717, 1.165) is 70.6 Å². The van der Waals surface area contributed by atoms with Gasteiger partial charge in [-0.1, -0.05) is 6.42 Å². The van der Waals surface area contributed by atoms with Gasteiger partial charge in [-0.25, -0.2) is 0 Å².